The highest BCUT2D eigenvalue weighted by atomic mass is 32.1. The largest absolute Gasteiger partial charge is 0.392 e. The minimum atomic E-state index is -0.274. The van der Waals surface area contributed by atoms with Crippen molar-refractivity contribution in [3.63, 3.8) is 0 Å². The Labute approximate surface area is 76.9 Å². The zero-order valence-corrected chi connectivity index (χ0v) is 7.64. The predicted molar refractivity (Wildman–Crippen MR) is 50.6 cm³/mol. The third-order valence-electron chi connectivity index (χ3n) is 2.05. The van der Waals surface area contributed by atoms with Crippen molar-refractivity contribution in [2.75, 3.05) is 13.1 Å². The summed E-state index contributed by atoms with van der Waals surface area (Å²) < 4.78 is 0. The minimum Gasteiger partial charge on any atom is -0.392 e. The van der Waals surface area contributed by atoms with Crippen LogP contribution in [0.4, 0.5) is 0 Å². The van der Waals surface area contributed by atoms with E-state index in [1.54, 1.807) is 0 Å². The number of carbonyl (C=O) groups excluding carboxylic acids is 1. The molecule has 1 aliphatic rings. The number of primary amides is 1. The van der Waals surface area contributed by atoms with Gasteiger partial charge in [-0.1, -0.05) is 12.2 Å². The van der Waals surface area contributed by atoms with E-state index < -0.39 is 0 Å². The van der Waals surface area contributed by atoms with Gasteiger partial charge in [0.2, 0.25) is 5.91 Å². The Balaban J connectivity index is 2.52. The van der Waals surface area contributed by atoms with Crippen LogP contribution >= 0.6 is 12.2 Å². The summed E-state index contributed by atoms with van der Waals surface area (Å²) in [6.07, 6.45) is 1.83. The minimum absolute atomic E-state index is 0.161. The molecule has 1 rings (SSSR count). The van der Waals surface area contributed by atoms with Crippen LogP contribution in [0.2, 0.25) is 0 Å². The Morgan fingerprint density at radius 2 is 2.25 bits per heavy atom. The van der Waals surface area contributed by atoms with E-state index >= 15 is 0 Å². The molecule has 4 nitrogen and oxygen atoms in total. The average Bonchev–Trinajstić information content (AvgIpc) is 2.33. The Hall–Kier alpha value is -0.680. The highest BCUT2D eigenvalue weighted by molar-refractivity contribution is 7.80. The van der Waals surface area contributed by atoms with Crippen LogP contribution in [0.3, 0.4) is 0 Å². The van der Waals surface area contributed by atoms with Crippen molar-refractivity contribution < 1.29 is 4.79 Å². The Morgan fingerprint density at radius 1 is 1.58 bits per heavy atom. The summed E-state index contributed by atoms with van der Waals surface area (Å²) in [5, 5.41) is 0. The molecule has 5 heteroatoms. The predicted octanol–water partition coefficient (Wildman–Crippen LogP) is -0.778. The molecule has 0 aliphatic carbocycles. The highest BCUT2D eigenvalue weighted by Gasteiger charge is 2.28. The van der Waals surface area contributed by atoms with Gasteiger partial charge in [-0.05, 0) is 19.4 Å². The molecule has 0 radical (unpaired) electrons. The number of nitrogens with two attached hydrogens (primary N) is 2. The van der Waals surface area contributed by atoms with Gasteiger partial charge in [-0.25, -0.2) is 0 Å². The van der Waals surface area contributed by atoms with Gasteiger partial charge in [-0.3, -0.25) is 9.69 Å². The molecule has 0 aromatic heterocycles. The molecule has 68 valence electrons. The van der Waals surface area contributed by atoms with Gasteiger partial charge in [-0.15, -0.1) is 0 Å². The number of nitrogens with zero attached hydrogens (tertiary/aromatic N) is 1. The molecule has 1 amide bonds. The third kappa shape index (κ3) is 2.15. The topological polar surface area (TPSA) is 72.4 Å². The molecular formula is C7H13N3OS. The standard InChI is InChI=1S/C7H13N3OS/c8-6(12)4-10-3-1-2-5(10)7(9)11/h5H,1-4H2,(H2,8,12)(H2,9,11). The van der Waals surface area contributed by atoms with Gasteiger partial charge < -0.3 is 11.5 Å². The maximum absolute atomic E-state index is 10.9. The number of hydrogen-bond donors (Lipinski definition) is 2. The van der Waals surface area contributed by atoms with Gasteiger partial charge in [0.15, 0.2) is 0 Å². The second kappa shape index (κ2) is 3.82. The fourth-order valence-corrected chi connectivity index (χ4v) is 1.70. The summed E-state index contributed by atoms with van der Waals surface area (Å²) in [6.45, 7) is 1.37. The molecule has 0 saturated carbocycles. The first-order valence-corrected chi connectivity index (χ1v) is 4.33. The van der Waals surface area contributed by atoms with Crippen molar-refractivity contribution in [3.05, 3.63) is 0 Å². The van der Waals surface area contributed by atoms with Gasteiger partial charge in [-0.2, -0.15) is 0 Å². The molecule has 1 unspecified atom stereocenters. The van der Waals surface area contributed by atoms with Gasteiger partial charge in [0, 0.05) is 6.54 Å². The lowest BCUT2D eigenvalue weighted by atomic mass is 10.2. The van der Waals surface area contributed by atoms with Gasteiger partial charge in [0.1, 0.15) is 0 Å². The van der Waals surface area contributed by atoms with Gasteiger partial charge in [0.05, 0.1) is 11.0 Å². The van der Waals surface area contributed by atoms with Crippen molar-refractivity contribution >= 4 is 23.1 Å². The van der Waals surface area contributed by atoms with E-state index in [-0.39, 0.29) is 11.9 Å². The molecule has 0 aromatic carbocycles. The van der Waals surface area contributed by atoms with Crippen molar-refractivity contribution in [1.82, 2.24) is 4.90 Å². The number of amides is 1. The molecule has 4 N–H and O–H groups in total. The summed E-state index contributed by atoms with van der Waals surface area (Å²) in [7, 11) is 0. The molecule has 0 bridgehead atoms. The lowest BCUT2D eigenvalue weighted by Crippen LogP contribution is -2.43. The fraction of sp³-hybridized carbons (Fsp3) is 0.714. The second-order valence-corrected chi connectivity index (χ2v) is 3.52. The van der Waals surface area contributed by atoms with Crippen LogP contribution in [-0.2, 0) is 4.79 Å². The van der Waals surface area contributed by atoms with Gasteiger partial charge >= 0.3 is 0 Å². The normalized spacial score (nSPS) is 24.2. The molecule has 12 heavy (non-hydrogen) atoms. The molecule has 1 atom stereocenters. The molecule has 1 aliphatic heterocycles. The number of thiocarbonyl (C=S) groups is 1. The number of likely N-dealkylation sites (tertiary alicyclic amines) is 1. The Morgan fingerprint density at radius 3 is 2.75 bits per heavy atom. The van der Waals surface area contributed by atoms with Crippen LogP contribution in [0.25, 0.3) is 0 Å². The van der Waals surface area contributed by atoms with E-state index in [0.29, 0.717) is 11.5 Å². The smallest absolute Gasteiger partial charge is 0.234 e. The molecule has 0 spiro atoms. The van der Waals surface area contributed by atoms with E-state index in [4.69, 9.17) is 23.7 Å². The molecule has 1 fully saturated rings. The lowest BCUT2D eigenvalue weighted by molar-refractivity contribution is -0.122. The van der Waals surface area contributed by atoms with Crippen molar-refractivity contribution in [1.29, 1.82) is 0 Å². The van der Waals surface area contributed by atoms with Crippen LogP contribution in [0.5, 0.6) is 0 Å². The summed E-state index contributed by atoms with van der Waals surface area (Å²) in [4.78, 5) is 13.2. The summed E-state index contributed by atoms with van der Waals surface area (Å²) in [5.41, 5.74) is 10.6. The number of hydrogen-bond acceptors (Lipinski definition) is 3. The number of rotatable bonds is 3. The van der Waals surface area contributed by atoms with Crippen molar-refractivity contribution in [3.8, 4) is 0 Å². The zero-order chi connectivity index (χ0) is 9.14. The van der Waals surface area contributed by atoms with Gasteiger partial charge in [0.25, 0.3) is 0 Å². The van der Waals surface area contributed by atoms with E-state index in [2.05, 4.69) is 0 Å². The fourth-order valence-electron chi connectivity index (χ4n) is 1.54. The van der Waals surface area contributed by atoms with E-state index in [1.807, 2.05) is 4.90 Å². The Bertz CT molecular complexity index is 207. The molecule has 1 heterocycles. The number of carbonyl (C=O) groups is 1. The molecule has 0 aromatic rings. The van der Waals surface area contributed by atoms with E-state index in [0.717, 1.165) is 19.4 Å². The quantitative estimate of drug-likeness (QED) is 0.569. The van der Waals surface area contributed by atoms with Crippen LogP contribution in [-0.4, -0.2) is 34.9 Å². The van der Waals surface area contributed by atoms with Crippen molar-refractivity contribution in [2.45, 2.75) is 18.9 Å². The summed E-state index contributed by atoms with van der Waals surface area (Å²) in [6, 6.07) is -0.161. The first kappa shape index (κ1) is 9.41. The average molecular weight is 187 g/mol. The van der Waals surface area contributed by atoms with E-state index in [9.17, 15) is 4.79 Å². The second-order valence-electron chi connectivity index (χ2n) is 3.00. The van der Waals surface area contributed by atoms with Crippen LogP contribution < -0.4 is 11.5 Å². The van der Waals surface area contributed by atoms with E-state index in [1.165, 1.54) is 0 Å². The van der Waals surface area contributed by atoms with Crippen molar-refractivity contribution in [2.24, 2.45) is 11.5 Å². The third-order valence-corrected chi connectivity index (χ3v) is 2.18. The lowest BCUT2D eigenvalue weighted by Gasteiger charge is -2.20. The monoisotopic (exact) mass is 187 g/mol. The molecular weight excluding hydrogens is 174 g/mol. The molecule has 1 saturated heterocycles. The Kier molecular flexibility index (Phi) is 2.99. The highest BCUT2D eigenvalue weighted by Crippen LogP contribution is 2.15. The maximum atomic E-state index is 10.9. The van der Waals surface area contributed by atoms with Crippen LogP contribution in [0, 0.1) is 0 Å². The SMILES string of the molecule is NC(=O)C1CCCN1CC(N)=S. The first-order valence-electron chi connectivity index (χ1n) is 3.93. The summed E-state index contributed by atoms with van der Waals surface area (Å²) >= 11 is 4.76. The van der Waals surface area contributed by atoms with Crippen LogP contribution in [0.1, 0.15) is 12.8 Å². The first-order chi connectivity index (χ1) is 5.61. The zero-order valence-electron chi connectivity index (χ0n) is 6.82. The summed E-state index contributed by atoms with van der Waals surface area (Å²) in [5.74, 6) is -0.274. The maximum Gasteiger partial charge on any atom is 0.234 e. The van der Waals surface area contributed by atoms with Crippen LogP contribution in [0.15, 0.2) is 0 Å².